The van der Waals surface area contributed by atoms with E-state index in [-0.39, 0.29) is 11.8 Å². The summed E-state index contributed by atoms with van der Waals surface area (Å²) in [5.41, 5.74) is 3.67. The first-order valence-corrected chi connectivity index (χ1v) is 7.96. The van der Waals surface area contributed by atoms with E-state index in [1.165, 1.54) is 0 Å². The summed E-state index contributed by atoms with van der Waals surface area (Å²) in [6, 6.07) is 5.47. The third-order valence-electron chi connectivity index (χ3n) is 4.73. The first-order chi connectivity index (χ1) is 11.0. The van der Waals surface area contributed by atoms with Gasteiger partial charge >= 0.3 is 0 Å². The normalized spacial score (nSPS) is 16.9. The first kappa shape index (κ1) is 15.6. The number of hydrogen-bond donors (Lipinski definition) is 1. The van der Waals surface area contributed by atoms with Crippen LogP contribution in [0.25, 0.3) is 0 Å². The van der Waals surface area contributed by atoms with Crippen LogP contribution in [0.2, 0.25) is 0 Å². The summed E-state index contributed by atoms with van der Waals surface area (Å²) in [4.78, 5) is 14.6. The Morgan fingerprint density at radius 1 is 1.43 bits per heavy atom. The van der Waals surface area contributed by atoms with E-state index in [0.29, 0.717) is 12.3 Å². The third-order valence-corrected chi connectivity index (χ3v) is 4.73. The van der Waals surface area contributed by atoms with E-state index in [1.807, 2.05) is 33.0 Å². The van der Waals surface area contributed by atoms with E-state index in [9.17, 15) is 9.90 Å². The van der Waals surface area contributed by atoms with Crippen molar-refractivity contribution in [2.45, 2.75) is 45.6 Å². The number of benzene rings is 1. The van der Waals surface area contributed by atoms with Crippen LogP contribution in [-0.4, -0.2) is 28.1 Å². The maximum atomic E-state index is 12.9. The molecule has 1 aliphatic rings. The smallest absolute Gasteiger partial charge is 0.230 e. The Hall–Kier alpha value is -2.30. The number of nitrogens with zero attached hydrogens (tertiary/aromatic N) is 2. The number of aromatic hydroxyl groups is 1. The largest absolute Gasteiger partial charge is 0.508 e. The third kappa shape index (κ3) is 2.83. The number of phenols is 1. The van der Waals surface area contributed by atoms with Crippen molar-refractivity contribution in [2.24, 2.45) is 0 Å². The molecule has 0 radical (unpaired) electrons. The molecule has 0 spiro atoms. The van der Waals surface area contributed by atoms with Crippen molar-refractivity contribution in [1.82, 2.24) is 10.1 Å². The van der Waals surface area contributed by atoms with Crippen LogP contribution in [0, 0.1) is 13.8 Å². The molecule has 0 aliphatic heterocycles. The zero-order valence-corrected chi connectivity index (χ0v) is 13.8. The van der Waals surface area contributed by atoms with Crippen LogP contribution in [0.5, 0.6) is 5.75 Å². The second-order valence-corrected chi connectivity index (χ2v) is 6.29. The summed E-state index contributed by atoms with van der Waals surface area (Å²) in [7, 11) is 1.81. The number of hydrogen-bond acceptors (Lipinski definition) is 4. The minimum atomic E-state index is -0.184. The highest BCUT2D eigenvalue weighted by atomic mass is 16.5. The number of rotatable bonds is 3. The molecule has 2 aromatic rings. The Morgan fingerprint density at radius 2 is 2.22 bits per heavy atom. The lowest BCUT2D eigenvalue weighted by Crippen LogP contribution is -2.33. The van der Waals surface area contributed by atoms with Crippen molar-refractivity contribution in [1.29, 1.82) is 0 Å². The zero-order chi connectivity index (χ0) is 16.6. The predicted molar refractivity (Wildman–Crippen MR) is 86.2 cm³/mol. The number of fused-ring (bicyclic) bond motifs is 1. The molecule has 5 nitrogen and oxygen atoms in total. The van der Waals surface area contributed by atoms with Crippen LogP contribution in [0.15, 0.2) is 22.7 Å². The zero-order valence-electron chi connectivity index (χ0n) is 13.8. The highest BCUT2D eigenvalue weighted by molar-refractivity contribution is 5.84. The summed E-state index contributed by atoms with van der Waals surface area (Å²) in [6.45, 7) is 4.24. The average Bonchev–Trinajstić information content (AvgIpc) is 2.86. The topological polar surface area (TPSA) is 66.6 Å². The molecule has 1 N–H and O–H groups in total. The molecule has 0 bridgehead atoms. The van der Waals surface area contributed by atoms with Gasteiger partial charge in [-0.3, -0.25) is 4.79 Å². The summed E-state index contributed by atoms with van der Waals surface area (Å²) >= 11 is 0. The minimum Gasteiger partial charge on any atom is -0.508 e. The van der Waals surface area contributed by atoms with Gasteiger partial charge in [0.15, 0.2) is 0 Å². The van der Waals surface area contributed by atoms with Crippen molar-refractivity contribution in [2.75, 3.05) is 7.05 Å². The van der Waals surface area contributed by atoms with Crippen LogP contribution in [0.3, 0.4) is 0 Å². The van der Waals surface area contributed by atoms with Crippen molar-refractivity contribution < 1.29 is 14.4 Å². The number of phenolic OH excluding ortho intramolecular Hbond substituents is 1. The molecule has 1 amide bonds. The second kappa shape index (κ2) is 6.07. The fourth-order valence-corrected chi connectivity index (χ4v) is 3.39. The molecule has 1 aromatic carbocycles. The molecule has 122 valence electrons. The van der Waals surface area contributed by atoms with E-state index in [2.05, 4.69) is 5.16 Å². The molecule has 1 aromatic heterocycles. The quantitative estimate of drug-likeness (QED) is 0.945. The lowest BCUT2D eigenvalue weighted by Gasteiger charge is -2.29. The lowest BCUT2D eigenvalue weighted by atomic mass is 9.81. The van der Waals surface area contributed by atoms with E-state index in [1.54, 1.807) is 11.0 Å². The molecule has 1 aliphatic carbocycles. The number of aromatic nitrogens is 1. The van der Waals surface area contributed by atoms with Crippen LogP contribution in [0.1, 0.15) is 46.9 Å². The molecule has 5 heteroatoms. The number of likely N-dealkylation sites (N-methyl/N-ethyl adjacent to an activating group) is 1. The maximum absolute atomic E-state index is 12.9. The fourth-order valence-electron chi connectivity index (χ4n) is 3.39. The molecule has 23 heavy (non-hydrogen) atoms. The van der Waals surface area contributed by atoms with E-state index in [4.69, 9.17) is 4.52 Å². The average molecular weight is 314 g/mol. The van der Waals surface area contributed by atoms with Crippen LogP contribution >= 0.6 is 0 Å². The van der Waals surface area contributed by atoms with Gasteiger partial charge in [0, 0.05) is 12.6 Å². The van der Waals surface area contributed by atoms with E-state index < -0.39 is 0 Å². The van der Waals surface area contributed by atoms with Crippen LogP contribution in [0.4, 0.5) is 0 Å². The molecule has 0 saturated heterocycles. The Bertz CT molecular complexity index is 716. The summed E-state index contributed by atoms with van der Waals surface area (Å²) in [5.74, 6) is 0.949. The van der Waals surface area contributed by atoms with Crippen molar-refractivity contribution >= 4 is 5.91 Å². The van der Waals surface area contributed by atoms with Crippen molar-refractivity contribution in [3.05, 3.63) is 46.3 Å². The molecule has 3 rings (SSSR count). The van der Waals surface area contributed by atoms with Gasteiger partial charge in [-0.2, -0.15) is 0 Å². The highest BCUT2D eigenvalue weighted by Gasteiger charge is 2.30. The van der Waals surface area contributed by atoms with Gasteiger partial charge in [0.1, 0.15) is 11.5 Å². The Labute approximate surface area is 135 Å². The van der Waals surface area contributed by atoms with Crippen LogP contribution < -0.4 is 0 Å². The van der Waals surface area contributed by atoms with Gasteiger partial charge in [-0.05, 0) is 50.3 Å². The fraction of sp³-hybridized carbons (Fsp3) is 0.444. The van der Waals surface area contributed by atoms with Crippen molar-refractivity contribution in [3.8, 4) is 5.75 Å². The van der Waals surface area contributed by atoms with Gasteiger partial charge in [0.05, 0.1) is 18.2 Å². The first-order valence-electron chi connectivity index (χ1n) is 7.96. The van der Waals surface area contributed by atoms with E-state index >= 15 is 0 Å². The van der Waals surface area contributed by atoms with Crippen molar-refractivity contribution in [3.63, 3.8) is 0 Å². The second-order valence-electron chi connectivity index (χ2n) is 6.29. The molecule has 1 heterocycles. The lowest BCUT2D eigenvalue weighted by molar-refractivity contribution is -0.132. The minimum absolute atomic E-state index is 0.0801. The van der Waals surface area contributed by atoms with Crippen LogP contribution in [-0.2, 0) is 17.8 Å². The molecule has 0 saturated carbocycles. The standard InChI is InChI=1S/C18H22N2O3/c1-11-16(12(2)23-19-11)10-20(3)18(22)15-8-4-7-14-13(15)6-5-9-17(14)21/h5-6,9,15,21H,4,7-8,10H2,1-3H3. The number of amides is 1. The molecule has 0 fully saturated rings. The number of aryl methyl sites for hydroxylation is 2. The molecular weight excluding hydrogens is 292 g/mol. The molecule has 1 unspecified atom stereocenters. The predicted octanol–water partition coefficient (Wildman–Crippen LogP) is 3.08. The summed E-state index contributed by atoms with van der Waals surface area (Å²) < 4.78 is 5.17. The molecular formula is C18H22N2O3. The molecule has 1 atom stereocenters. The van der Waals surface area contributed by atoms with E-state index in [0.717, 1.165) is 47.4 Å². The number of carbonyl (C=O) groups excluding carboxylic acids is 1. The van der Waals surface area contributed by atoms with Gasteiger partial charge in [-0.15, -0.1) is 0 Å². The number of carbonyl (C=O) groups is 1. The summed E-state index contributed by atoms with van der Waals surface area (Å²) in [6.07, 6.45) is 2.57. The Morgan fingerprint density at radius 3 is 2.91 bits per heavy atom. The maximum Gasteiger partial charge on any atom is 0.230 e. The Balaban J connectivity index is 1.83. The van der Waals surface area contributed by atoms with Gasteiger partial charge in [0.2, 0.25) is 5.91 Å². The highest BCUT2D eigenvalue weighted by Crippen LogP contribution is 2.37. The monoisotopic (exact) mass is 314 g/mol. The van der Waals surface area contributed by atoms with Gasteiger partial charge < -0.3 is 14.5 Å². The Kier molecular flexibility index (Phi) is 4.11. The van der Waals surface area contributed by atoms with Gasteiger partial charge in [-0.1, -0.05) is 17.3 Å². The SMILES string of the molecule is Cc1noc(C)c1CN(C)C(=O)C1CCCc2c(O)cccc21. The van der Waals surface area contributed by atoms with Gasteiger partial charge in [0.25, 0.3) is 0 Å². The summed E-state index contributed by atoms with van der Waals surface area (Å²) in [5, 5.41) is 14.0. The van der Waals surface area contributed by atoms with Gasteiger partial charge in [-0.25, -0.2) is 0 Å².